The van der Waals surface area contributed by atoms with Gasteiger partial charge in [-0.1, -0.05) is 59.6 Å². The summed E-state index contributed by atoms with van der Waals surface area (Å²) in [7, 11) is 2.93. The van der Waals surface area contributed by atoms with Crippen molar-refractivity contribution >= 4 is 40.9 Å². The number of aromatic hydroxyl groups is 1. The minimum Gasteiger partial charge on any atom is -0.508 e. The van der Waals surface area contributed by atoms with Gasteiger partial charge in [0.2, 0.25) is 23.6 Å². The van der Waals surface area contributed by atoms with Crippen LogP contribution >= 0.6 is 11.6 Å². The first-order valence-corrected chi connectivity index (χ1v) is 15.8. The van der Waals surface area contributed by atoms with Crippen molar-refractivity contribution in [3.8, 4) is 17.2 Å². The third-order valence-corrected chi connectivity index (χ3v) is 10.6. The van der Waals surface area contributed by atoms with E-state index in [1.807, 2.05) is 36.4 Å². The SMILES string of the molecule is CCN1C(=O)C2CC=C3C(CC4C(=O)N(c5cccc(Cl)c5)C(=O)C4(c4ccccc4)C3c3c(OC)cc(O)cc3OC)C2C1=O. The summed E-state index contributed by atoms with van der Waals surface area (Å²) in [5.74, 6) is -4.41. The van der Waals surface area contributed by atoms with Crippen LogP contribution in [0, 0.1) is 23.7 Å². The topological polar surface area (TPSA) is 113 Å². The van der Waals surface area contributed by atoms with Gasteiger partial charge < -0.3 is 14.6 Å². The Morgan fingerprint density at radius 3 is 2.22 bits per heavy atom. The molecule has 1 N–H and O–H groups in total. The van der Waals surface area contributed by atoms with Crippen molar-refractivity contribution < 1.29 is 33.8 Å². The molecular formula is C36H33ClN2O7. The van der Waals surface area contributed by atoms with Gasteiger partial charge in [0.05, 0.1) is 43.1 Å². The summed E-state index contributed by atoms with van der Waals surface area (Å²) in [5, 5.41) is 11.0. The number of halogens is 1. The van der Waals surface area contributed by atoms with Gasteiger partial charge in [-0.25, -0.2) is 4.90 Å². The second-order valence-corrected chi connectivity index (χ2v) is 12.7. The second kappa shape index (κ2) is 11.0. The number of anilines is 1. The summed E-state index contributed by atoms with van der Waals surface area (Å²) in [5.41, 5.74) is 0.718. The lowest BCUT2D eigenvalue weighted by atomic mass is 9.49. The van der Waals surface area contributed by atoms with Crippen LogP contribution in [0.1, 0.15) is 36.8 Å². The smallest absolute Gasteiger partial charge is 0.246 e. The Morgan fingerprint density at radius 2 is 1.59 bits per heavy atom. The molecule has 10 heteroatoms. The van der Waals surface area contributed by atoms with Crippen LogP contribution in [0.4, 0.5) is 5.69 Å². The lowest BCUT2D eigenvalue weighted by Crippen LogP contribution is -2.53. The third kappa shape index (κ3) is 4.00. The maximum Gasteiger partial charge on any atom is 0.246 e. The first kappa shape index (κ1) is 30.0. The number of rotatable bonds is 6. The predicted molar refractivity (Wildman–Crippen MR) is 170 cm³/mol. The molecule has 6 unspecified atom stereocenters. The molecule has 3 aromatic carbocycles. The second-order valence-electron chi connectivity index (χ2n) is 12.3. The number of phenolic OH excluding ortho intramolecular Hbond substituents is 1. The number of carbonyl (C=O) groups excluding carboxylic acids is 4. The van der Waals surface area contributed by atoms with Crippen molar-refractivity contribution in [1.82, 2.24) is 4.90 Å². The summed E-state index contributed by atoms with van der Waals surface area (Å²) in [6.07, 6.45) is 2.47. The van der Waals surface area contributed by atoms with Gasteiger partial charge in [0.25, 0.3) is 0 Å². The molecule has 7 rings (SSSR count). The molecule has 2 saturated heterocycles. The number of likely N-dealkylation sites (tertiary alicyclic amines) is 1. The minimum atomic E-state index is -1.50. The standard InChI is InChI=1S/C36H33ClN2O7/c1-4-38-32(41)24-14-13-23-25(29(24)34(38)43)18-26-33(42)39(21-12-8-11-20(37)15-21)35(44)36(26,19-9-6-5-7-10-19)31(23)30-27(45-2)16-22(40)17-28(30)46-3/h5-13,15-17,24-26,29,31,40H,4,14,18H2,1-3H3. The Kier molecular flexibility index (Phi) is 7.20. The van der Waals surface area contributed by atoms with E-state index in [1.54, 1.807) is 31.2 Å². The zero-order valence-electron chi connectivity index (χ0n) is 25.6. The summed E-state index contributed by atoms with van der Waals surface area (Å²) in [6.45, 7) is 2.03. The molecule has 2 heterocycles. The molecular weight excluding hydrogens is 608 g/mol. The summed E-state index contributed by atoms with van der Waals surface area (Å²) >= 11 is 6.37. The Labute approximate surface area is 271 Å². The van der Waals surface area contributed by atoms with E-state index in [9.17, 15) is 19.5 Å². The molecule has 0 spiro atoms. The summed E-state index contributed by atoms with van der Waals surface area (Å²) in [6, 6.07) is 18.8. The highest BCUT2D eigenvalue weighted by Crippen LogP contribution is 2.66. The van der Waals surface area contributed by atoms with Crippen LogP contribution in [0.3, 0.4) is 0 Å². The van der Waals surface area contributed by atoms with Gasteiger partial charge in [-0.3, -0.25) is 24.1 Å². The fraction of sp³-hybridized carbons (Fsp3) is 0.333. The average Bonchev–Trinajstić information content (AvgIpc) is 3.45. The normalized spacial score (nSPS) is 28.5. The number of amides is 4. The van der Waals surface area contributed by atoms with Crippen molar-refractivity contribution in [3.05, 3.63) is 94.5 Å². The van der Waals surface area contributed by atoms with Crippen LogP contribution in [0.2, 0.25) is 5.02 Å². The van der Waals surface area contributed by atoms with Crippen LogP contribution < -0.4 is 14.4 Å². The number of imide groups is 2. The molecule has 0 aromatic heterocycles. The van der Waals surface area contributed by atoms with Crippen molar-refractivity contribution in [3.63, 3.8) is 0 Å². The summed E-state index contributed by atoms with van der Waals surface area (Å²) < 4.78 is 11.7. The van der Waals surface area contributed by atoms with E-state index in [2.05, 4.69) is 0 Å². The van der Waals surface area contributed by atoms with E-state index in [-0.39, 0.29) is 42.0 Å². The molecule has 2 aliphatic carbocycles. The predicted octanol–water partition coefficient (Wildman–Crippen LogP) is 5.25. The largest absolute Gasteiger partial charge is 0.508 e. The van der Waals surface area contributed by atoms with Crippen LogP contribution in [-0.2, 0) is 24.6 Å². The Hall–Kier alpha value is -4.63. The zero-order valence-corrected chi connectivity index (χ0v) is 26.4. The number of fused-ring (bicyclic) bond motifs is 4. The average molecular weight is 641 g/mol. The Morgan fingerprint density at radius 1 is 0.891 bits per heavy atom. The van der Waals surface area contributed by atoms with Crippen molar-refractivity contribution in [2.24, 2.45) is 23.7 Å². The first-order valence-electron chi connectivity index (χ1n) is 15.4. The lowest BCUT2D eigenvalue weighted by Gasteiger charge is -2.51. The quantitative estimate of drug-likeness (QED) is 0.289. The fourth-order valence-corrected chi connectivity index (χ4v) is 8.83. The van der Waals surface area contributed by atoms with Gasteiger partial charge in [0.15, 0.2) is 0 Å². The molecule has 9 nitrogen and oxygen atoms in total. The number of allylic oxidation sites excluding steroid dienone is 2. The van der Waals surface area contributed by atoms with Crippen molar-refractivity contribution in [2.45, 2.75) is 31.1 Å². The van der Waals surface area contributed by atoms with E-state index < -0.39 is 46.8 Å². The fourth-order valence-electron chi connectivity index (χ4n) is 8.64. The number of nitrogens with zero attached hydrogens (tertiary/aromatic N) is 2. The molecule has 1 saturated carbocycles. The molecule has 4 amide bonds. The van der Waals surface area contributed by atoms with Crippen LogP contribution in [-0.4, -0.2) is 54.4 Å². The molecule has 46 heavy (non-hydrogen) atoms. The van der Waals surface area contributed by atoms with E-state index in [1.165, 1.54) is 36.2 Å². The number of hydrogen-bond donors (Lipinski definition) is 1. The number of carbonyl (C=O) groups is 4. The molecule has 0 radical (unpaired) electrons. The number of hydrogen-bond acceptors (Lipinski definition) is 7. The van der Waals surface area contributed by atoms with Gasteiger partial charge in [-0.05, 0) is 49.4 Å². The van der Waals surface area contributed by atoms with E-state index >= 15 is 4.79 Å². The maximum absolute atomic E-state index is 15.3. The number of benzene rings is 3. The number of ether oxygens (including phenoxy) is 2. The molecule has 3 fully saturated rings. The number of phenols is 1. The molecule has 3 aromatic rings. The van der Waals surface area contributed by atoms with Crippen LogP contribution in [0.25, 0.3) is 0 Å². The monoisotopic (exact) mass is 640 g/mol. The maximum atomic E-state index is 15.3. The number of methoxy groups -OCH3 is 2. The van der Waals surface area contributed by atoms with Crippen LogP contribution in [0.5, 0.6) is 17.2 Å². The highest BCUT2D eigenvalue weighted by Gasteiger charge is 2.70. The molecule has 4 aliphatic rings. The highest BCUT2D eigenvalue weighted by atomic mass is 35.5. The van der Waals surface area contributed by atoms with Crippen molar-refractivity contribution in [2.75, 3.05) is 25.7 Å². The van der Waals surface area contributed by atoms with Gasteiger partial charge in [-0.15, -0.1) is 0 Å². The Balaban J connectivity index is 1.56. The van der Waals surface area contributed by atoms with Gasteiger partial charge in [0.1, 0.15) is 17.2 Å². The third-order valence-electron chi connectivity index (χ3n) is 10.4. The minimum absolute atomic E-state index is 0.0997. The first-order chi connectivity index (χ1) is 22.2. The molecule has 2 aliphatic heterocycles. The van der Waals surface area contributed by atoms with Gasteiger partial charge >= 0.3 is 0 Å². The van der Waals surface area contributed by atoms with Crippen molar-refractivity contribution in [1.29, 1.82) is 0 Å². The van der Waals surface area contributed by atoms with E-state index in [0.717, 1.165) is 5.57 Å². The lowest BCUT2D eigenvalue weighted by molar-refractivity contribution is -0.140. The molecule has 6 atom stereocenters. The summed E-state index contributed by atoms with van der Waals surface area (Å²) in [4.78, 5) is 59.9. The molecule has 236 valence electrons. The van der Waals surface area contributed by atoms with E-state index in [0.29, 0.717) is 28.3 Å². The van der Waals surface area contributed by atoms with Crippen LogP contribution in [0.15, 0.2) is 78.4 Å². The highest BCUT2D eigenvalue weighted by molar-refractivity contribution is 6.32. The van der Waals surface area contributed by atoms with Gasteiger partial charge in [0, 0.05) is 35.2 Å². The zero-order chi connectivity index (χ0) is 32.5. The van der Waals surface area contributed by atoms with E-state index in [4.69, 9.17) is 21.1 Å². The van der Waals surface area contributed by atoms with Gasteiger partial charge in [-0.2, -0.15) is 0 Å². The Bertz CT molecular complexity index is 1800. The molecule has 0 bridgehead atoms.